The van der Waals surface area contributed by atoms with Crippen LogP contribution in [0.25, 0.3) is 0 Å². The van der Waals surface area contributed by atoms with Crippen molar-refractivity contribution in [3.8, 4) is 0 Å². The lowest BCUT2D eigenvalue weighted by Crippen LogP contribution is -2.02. The van der Waals surface area contributed by atoms with E-state index in [1.807, 2.05) is 13.8 Å². The van der Waals surface area contributed by atoms with Gasteiger partial charge in [-0.05, 0) is 26.0 Å². The molecule has 0 bridgehead atoms. The summed E-state index contributed by atoms with van der Waals surface area (Å²) >= 11 is 0. The first kappa shape index (κ1) is 20.7. The van der Waals surface area contributed by atoms with Gasteiger partial charge in [0.15, 0.2) is 12.0 Å². The van der Waals surface area contributed by atoms with Crippen LogP contribution in [0.4, 0.5) is 0 Å². The molecule has 0 fully saturated rings. The van der Waals surface area contributed by atoms with Crippen LogP contribution in [0.1, 0.15) is 24.4 Å². The van der Waals surface area contributed by atoms with E-state index >= 15 is 0 Å². The van der Waals surface area contributed by atoms with Gasteiger partial charge in [0.1, 0.15) is 0 Å². The molecule has 0 aromatic carbocycles. The molecular weight excluding hydrogens is 218 g/mol. The number of aliphatic hydroxyl groups excluding tert-OH is 1. The molecule has 0 aliphatic carbocycles. The number of hydrogen-bond acceptors (Lipinski definition) is 4. The molecule has 0 aliphatic heterocycles. The molecule has 4 nitrogen and oxygen atoms in total. The Morgan fingerprint density at radius 1 is 1.41 bits per heavy atom. The molecule has 0 unspecified atom stereocenters. The van der Waals surface area contributed by atoms with Crippen LogP contribution in [0.15, 0.2) is 48.1 Å². The molecule has 4 heteroatoms. The highest BCUT2D eigenvalue weighted by Gasteiger charge is 1.84. The Balaban J connectivity index is -0.000000170. The third-order valence-corrected chi connectivity index (χ3v) is 0.788. The van der Waals surface area contributed by atoms with E-state index in [1.54, 1.807) is 24.3 Å². The number of carbonyl (C=O) groups is 1. The Morgan fingerprint density at radius 2 is 1.82 bits per heavy atom. The lowest BCUT2D eigenvalue weighted by molar-refractivity contribution is 0.110. The molecule has 3 N–H and O–H groups in total. The third-order valence-electron chi connectivity index (χ3n) is 0.788. The molecule has 17 heavy (non-hydrogen) atoms. The summed E-state index contributed by atoms with van der Waals surface area (Å²) in [6.45, 7) is 11.0. The Labute approximate surface area is 103 Å². The zero-order chi connectivity index (χ0) is 13.9. The molecule has 0 aliphatic rings. The van der Waals surface area contributed by atoms with Crippen LogP contribution in [0.2, 0.25) is 0 Å². The molecule has 0 saturated carbocycles. The number of furan rings is 1. The van der Waals surface area contributed by atoms with Crippen LogP contribution in [0.3, 0.4) is 0 Å². The van der Waals surface area contributed by atoms with Gasteiger partial charge in [0.05, 0.1) is 12.9 Å². The fourth-order valence-corrected chi connectivity index (χ4v) is 0.358. The summed E-state index contributed by atoms with van der Waals surface area (Å²) in [6.07, 6.45) is 5.63. The van der Waals surface area contributed by atoms with E-state index in [9.17, 15) is 4.79 Å². The van der Waals surface area contributed by atoms with Crippen molar-refractivity contribution in [1.29, 1.82) is 0 Å². The van der Waals surface area contributed by atoms with Gasteiger partial charge in [-0.1, -0.05) is 12.2 Å². The minimum Gasteiger partial charge on any atom is -0.462 e. The predicted molar refractivity (Wildman–Crippen MR) is 72.0 cm³/mol. The maximum Gasteiger partial charge on any atom is 0.185 e. The molecule has 98 valence electrons. The van der Waals surface area contributed by atoms with Crippen molar-refractivity contribution in [3.05, 3.63) is 49.5 Å². The summed E-state index contributed by atoms with van der Waals surface area (Å²) < 4.78 is 4.61. The highest BCUT2D eigenvalue weighted by Crippen LogP contribution is 1.92. The zero-order valence-corrected chi connectivity index (χ0v) is 10.6. The van der Waals surface area contributed by atoms with Crippen molar-refractivity contribution in [2.45, 2.75) is 13.8 Å². The van der Waals surface area contributed by atoms with Crippen LogP contribution in [-0.4, -0.2) is 24.5 Å². The highest BCUT2D eigenvalue weighted by atomic mass is 16.3. The van der Waals surface area contributed by atoms with E-state index in [4.69, 9.17) is 10.8 Å². The molecule has 1 aromatic rings. The van der Waals surface area contributed by atoms with Gasteiger partial charge in [-0.25, -0.2) is 0 Å². The molecule has 1 rings (SSSR count). The quantitative estimate of drug-likeness (QED) is 0.615. The predicted octanol–water partition coefficient (Wildman–Crippen LogP) is 2.41. The summed E-state index contributed by atoms with van der Waals surface area (Å²) in [7, 11) is 0. The van der Waals surface area contributed by atoms with Crippen molar-refractivity contribution in [3.63, 3.8) is 0 Å². The lowest BCUT2D eigenvalue weighted by Gasteiger charge is -1.71. The Kier molecular flexibility index (Phi) is 29.1. The third kappa shape index (κ3) is 31.4. The summed E-state index contributed by atoms with van der Waals surface area (Å²) in [5.41, 5.74) is 4.78. The number of aldehydes is 1. The van der Waals surface area contributed by atoms with Crippen LogP contribution < -0.4 is 5.73 Å². The summed E-state index contributed by atoms with van der Waals surface area (Å²) in [5, 5.41) is 7.75. The van der Waals surface area contributed by atoms with Crippen molar-refractivity contribution < 1.29 is 14.3 Å². The number of carbonyl (C=O) groups excluding carboxylic acids is 1. The van der Waals surface area contributed by atoms with Crippen LogP contribution in [-0.2, 0) is 0 Å². The van der Waals surface area contributed by atoms with Crippen LogP contribution in [0, 0.1) is 0 Å². The molecule has 1 heterocycles. The Morgan fingerprint density at radius 3 is 1.94 bits per heavy atom. The topological polar surface area (TPSA) is 76.5 Å². The minimum atomic E-state index is 0.0972. The van der Waals surface area contributed by atoms with E-state index in [-0.39, 0.29) is 6.61 Å². The van der Waals surface area contributed by atoms with Crippen LogP contribution >= 0.6 is 0 Å². The first-order valence-corrected chi connectivity index (χ1v) is 5.12. The number of allylic oxidation sites excluding steroid dienone is 2. The molecule has 0 atom stereocenters. The number of rotatable bonds is 2. The molecule has 0 spiro atoms. The molecular formula is C13H23NO3. The van der Waals surface area contributed by atoms with Crippen molar-refractivity contribution in [2.24, 2.45) is 5.73 Å². The standard InChI is InChI=1S/C5H4O2.2C3H6.C2H7NO/c6-4-5-2-1-3-7-5;2*1-3-2;3-1-2-4/h1-4H;2*3H,1H2,2H3;4H,1-3H2. The number of aliphatic hydroxyl groups is 1. The summed E-state index contributed by atoms with van der Waals surface area (Å²) in [5.74, 6) is 0.375. The largest absolute Gasteiger partial charge is 0.462 e. The Hall–Kier alpha value is -1.65. The van der Waals surface area contributed by atoms with Gasteiger partial charge in [-0.2, -0.15) is 0 Å². The number of hydrogen-bond donors (Lipinski definition) is 2. The number of nitrogens with two attached hydrogens (primary N) is 1. The second-order valence-corrected chi connectivity index (χ2v) is 2.46. The smallest absolute Gasteiger partial charge is 0.185 e. The van der Waals surface area contributed by atoms with Gasteiger partial charge in [-0.15, -0.1) is 13.2 Å². The monoisotopic (exact) mass is 241 g/mol. The van der Waals surface area contributed by atoms with Crippen molar-refractivity contribution >= 4 is 6.29 Å². The maximum atomic E-state index is 9.77. The first-order chi connectivity index (χ1) is 8.17. The second-order valence-electron chi connectivity index (χ2n) is 2.46. The van der Waals surface area contributed by atoms with E-state index in [1.165, 1.54) is 6.26 Å². The van der Waals surface area contributed by atoms with Gasteiger partial charge in [0.2, 0.25) is 0 Å². The van der Waals surface area contributed by atoms with Crippen LogP contribution in [0.5, 0.6) is 0 Å². The molecule has 0 saturated heterocycles. The van der Waals surface area contributed by atoms with E-state index < -0.39 is 0 Å². The lowest BCUT2D eigenvalue weighted by atomic mass is 10.5. The minimum absolute atomic E-state index is 0.0972. The van der Waals surface area contributed by atoms with Crippen molar-refractivity contribution in [1.82, 2.24) is 0 Å². The van der Waals surface area contributed by atoms with E-state index in [2.05, 4.69) is 17.6 Å². The van der Waals surface area contributed by atoms with Gasteiger partial charge < -0.3 is 15.3 Å². The average Bonchev–Trinajstić information content (AvgIpc) is 2.84. The van der Waals surface area contributed by atoms with Gasteiger partial charge in [-0.3, -0.25) is 4.79 Å². The normalized spacial score (nSPS) is 6.82. The fourth-order valence-electron chi connectivity index (χ4n) is 0.358. The van der Waals surface area contributed by atoms with Gasteiger partial charge in [0.25, 0.3) is 0 Å². The second kappa shape index (κ2) is 23.9. The average molecular weight is 241 g/mol. The van der Waals surface area contributed by atoms with Gasteiger partial charge in [0, 0.05) is 6.54 Å². The summed E-state index contributed by atoms with van der Waals surface area (Å²) in [4.78, 5) is 9.77. The Bertz CT molecular complexity index is 235. The SMILES string of the molecule is C=CC.C=CC.NCCO.O=Cc1ccco1. The molecule has 1 aromatic heterocycles. The van der Waals surface area contributed by atoms with E-state index in [0.29, 0.717) is 18.6 Å². The summed E-state index contributed by atoms with van der Waals surface area (Å²) in [6, 6.07) is 3.27. The van der Waals surface area contributed by atoms with Gasteiger partial charge >= 0.3 is 0 Å². The van der Waals surface area contributed by atoms with Crippen molar-refractivity contribution in [2.75, 3.05) is 13.2 Å². The zero-order valence-electron chi connectivity index (χ0n) is 10.6. The fraction of sp³-hybridized carbons (Fsp3) is 0.308. The highest BCUT2D eigenvalue weighted by molar-refractivity contribution is 5.69. The first-order valence-electron chi connectivity index (χ1n) is 5.12. The maximum absolute atomic E-state index is 9.77. The molecule has 0 amide bonds. The van der Waals surface area contributed by atoms with E-state index in [0.717, 1.165) is 0 Å². The molecule has 0 radical (unpaired) electrons.